The third-order valence-electron chi connectivity index (χ3n) is 5.28. The maximum Gasteiger partial charge on any atom is 0.264 e. The fourth-order valence-corrected chi connectivity index (χ4v) is 3.79. The summed E-state index contributed by atoms with van der Waals surface area (Å²) in [4.78, 5) is 17.4. The van der Waals surface area contributed by atoms with E-state index in [1.165, 1.54) is 0 Å². The second-order valence-corrected chi connectivity index (χ2v) is 7.67. The van der Waals surface area contributed by atoms with E-state index in [1.807, 2.05) is 19.1 Å². The molecule has 7 heteroatoms. The van der Waals surface area contributed by atoms with E-state index < -0.39 is 5.60 Å². The zero-order chi connectivity index (χ0) is 18.6. The minimum Gasteiger partial charge on any atom is -0.475 e. The lowest BCUT2D eigenvalue weighted by Crippen LogP contribution is -2.58. The van der Waals surface area contributed by atoms with Gasteiger partial charge in [0.25, 0.3) is 5.91 Å². The lowest BCUT2D eigenvalue weighted by molar-refractivity contribution is -0.140. The highest BCUT2D eigenvalue weighted by Crippen LogP contribution is 2.28. The monoisotopic (exact) mass is 361 g/mol. The average molecular weight is 361 g/mol. The molecule has 1 aromatic heterocycles. The third-order valence-corrected chi connectivity index (χ3v) is 5.28. The summed E-state index contributed by atoms with van der Waals surface area (Å²) in [5, 5.41) is 6.51. The Labute approximate surface area is 155 Å². The molecule has 0 aromatic carbocycles. The number of piperidine rings is 1. The molecule has 3 rings (SSSR count). The maximum absolute atomic E-state index is 13.2. The molecule has 0 radical (unpaired) electrons. The molecule has 0 aliphatic carbocycles. The summed E-state index contributed by atoms with van der Waals surface area (Å²) in [6, 6.07) is 4.66. The van der Waals surface area contributed by atoms with Crippen LogP contribution in [0.3, 0.4) is 0 Å². The molecule has 0 spiro atoms. The van der Waals surface area contributed by atoms with Gasteiger partial charge >= 0.3 is 0 Å². The van der Waals surface area contributed by atoms with Crippen LogP contribution in [0.2, 0.25) is 0 Å². The van der Waals surface area contributed by atoms with Gasteiger partial charge in [-0.15, -0.1) is 0 Å². The van der Waals surface area contributed by atoms with Gasteiger partial charge in [-0.25, -0.2) is 0 Å². The van der Waals surface area contributed by atoms with Crippen LogP contribution in [-0.4, -0.2) is 47.7 Å². The summed E-state index contributed by atoms with van der Waals surface area (Å²) in [5.41, 5.74) is 6.51. The summed E-state index contributed by atoms with van der Waals surface area (Å²) in [6.07, 6.45) is 5.01. The Kier molecular flexibility index (Phi) is 6.11. The van der Waals surface area contributed by atoms with Gasteiger partial charge in [0, 0.05) is 37.2 Å². The lowest BCUT2D eigenvalue weighted by atomic mass is 9.90. The van der Waals surface area contributed by atoms with Gasteiger partial charge in [0.05, 0.1) is 5.69 Å². The summed E-state index contributed by atoms with van der Waals surface area (Å²) in [7, 11) is 0. The topological polar surface area (TPSA) is 87.3 Å². The number of aryl methyl sites for hydroxylation is 1. The normalized spacial score (nSPS) is 26.3. The van der Waals surface area contributed by atoms with Crippen LogP contribution in [0.4, 0.5) is 0 Å². The number of nitrogens with one attached hydrogen (secondary N) is 4. The Morgan fingerprint density at radius 1 is 1.42 bits per heavy atom. The Hall–Kier alpha value is -1.70. The molecule has 4 N–H and O–H groups in total. The van der Waals surface area contributed by atoms with Crippen LogP contribution >= 0.6 is 0 Å². The maximum atomic E-state index is 13.2. The predicted octanol–water partition coefficient (Wildman–Crippen LogP) is 1.04. The highest BCUT2D eigenvalue weighted by molar-refractivity contribution is 5.86. The minimum atomic E-state index is -0.831. The minimum absolute atomic E-state index is 0.0197. The second kappa shape index (κ2) is 8.33. The van der Waals surface area contributed by atoms with Crippen LogP contribution in [0.15, 0.2) is 18.3 Å². The summed E-state index contributed by atoms with van der Waals surface area (Å²) in [5.74, 6) is 0.668. The third kappa shape index (κ3) is 4.52. The standard InChI is InChI=1S/C19H31N5O2/c1-13(11-16-12-14(2)23-24-16)22-18(25)19(6-9-20-10-7-19)26-17-5-4-8-21-15(17)3/h4-5,8,13-14,16,20,23-24H,6-7,9-12H2,1-3H3,(H,22,25). The zero-order valence-corrected chi connectivity index (χ0v) is 16.0. The van der Waals surface area contributed by atoms with Gasteiger partial charge in [-0.05, 0) is 58.8 Å². The van der Waals surface area contributed by atoms with Crippen LogP contribution in [0, 0.1) is 6.92 Å². The van der Waals surface area contributed by atoms with E-state index in [9.17, 15) is 4.79 Å². The van der Waals surface area contributed by atoms with Crippen molar-refractivity contribution in [1.29, 1.82) is 0 Å². The molecule has 0 saturated carbocycles. The fraction of sp³-hybridized carbons (Fsp3) is 0.684. The molecular formula is C19H31N5O2. The van der Waals surface area contributed by atoms with Gasteiger partial charge in [-0.1, -0.05) is 0 Å². The van der Waals surface area contributed by atoms with Crippen LogP contribution in [0.25, 0.3) is 0 Å². The number of amides is 1. The molecule has 2 saturated heterocycles. The predicted molar refractivity (Wildman–Crippen MR) is 101 cm³/mol. The molecule has 26 heavy (non-hydrogen) atoms. The van der Waals surface area contributed by atoms with Gasteiger partial charge in [0.15, 0.2) is 5.60 Å². The van der Waals surface area contributed by atoms with E-state index in [4.69, 9.17) is 4.74 Å². The van der Waals surface area contributed by atoms with Crippen molar-refractivity contribution in [2.45, 2.75) is 70.2 Å². The first-order chi connectivity index (χ1) is 12.5. The van der Waals surface area contributed by atoms with Gasteiger partial charge in [-0.2, -0.15) is 0 Å². The van der Waals surface area contributed by atoms with Crippen molar-refractivity contribution in [1.82, 2.24) is 26.5 Å². The van der Waals surface area contributed by atoms with Gasteiger partial charge in [-0.3, -0.25) is 20.6 Å². The largest absolute Gasteiger partial charge is 0.475 e. The molecule has 144 valence electrons. The number of aromatic nitrogens is 1. The molecule has 2 aliphatic heterocycles. The Balaban J connectivity index is 1.66. The highest BCUT2D eigenvalue weighted by Gasteiger charge is 2.43. The molecule has 7 nitrogen and oxygen atoms in total. The van der Waals surface area contributed by atoms with Gasteiger partial charge < -0.3 is 15.4 Å². The first-order valence-electron chi connectivity index (χ1n) is 9.62. The van der Waals surface area contributed by atoms with E-state index in [2.05, 4.69) is 40.3 Å². The van der Waals surface area contributed by atoms with E-state index in [1.54, 1.807) is 6.20 Å². The van der Waals surface area contributed by atoms with E-state index in [0.29, 0.717) is 30.7 Å². The van der Waals surface area contributed by atoms with E-state index >= 15 is 0 Å². The lowest BCUT2D eigenvalue weighted by Gasteiger charge is -2.37. The van der Waals surface area contributed by atoms with Gasteiger partial charge in [0.2, 0.25) is 0 Å². The number of carbonyl (C=O) groups excluding carboxylic acids is 1. The molecule has 0 bridgehead atoms. The fourth-order valence-electron chi connectivity index (χ4n) is 3.79. The molecule has 3 heterocycles. The number of hydrogen-bond acceptors (Lipinski definition) is 6. The molecule has 2 fully saturated rings. The van der Waals surface area contributed by atoms with Gasteiger partial charge in [0.1, 0.15) is 5.75 Å². The smallest absolute Gasteiger partial charge is 0.264 e. The van der Waals surface area contributed by atoms with Crippen LogP contribution in [-0.2, 0) is 4.79 Å². The van der Waals surface area contributed by atoms with Crippen molar-refractivity contribution in [2.75, 3.05) is 13.1 Å². The Morgan fingerprint density at radius 2 is 2.19 bits per heavy atom. The molecule has 3 atom stereocenters. The number of rotatable bonds is 6. The van der Waals surface area contributed by atoms with Crippen molar-refractivity contribution < 1.29 is 9.53 Å². The molecule has 1 amide bonds. The Morgan fingerprint density at radius 3 is 2.85 bits per heavy atom. The summed E-state index contributed by atoms with van der Waals surface area (Å²) in [6.45, 7) is 7.67. The van der Waals surface area contributed by atoms with Crippen molar-refractivity contribution in [3.05, 3.63) is 24.0 Å². The van der Waals surface area contributed by atoms with Crippen molar-refractivity contribution in [2.24, 2.45) is 0 Å². The molecule has 3 unspecified atom stereocenters. The summed E-state index contributed by atoms with van der Waals surface area (Å²) < 4.78 is 6.28. The zero-order valence-electron chi connectivity index (χ0n) is 16.0. The van der Waals surface area contributed by atoms with Crippen LogP contribution in [0.1, 0.15) is 45.2 Å². The Bertz CT molecular complexity index is 618. The molecule has 1 aromatic rings. The van der Waals surface area contributed by atoms with Crippen molar-refractivity contribution >= 4 is 5.91 Å². The number of pyridine rings is 1. The number of ether oxygens (including phenoxy) is 1. The molecule has 2 aliphatic rings. The van der Waals surface area contributed by atoms with E-state index in [0.717, 1.165) is 31.6 Å². The summed E-state index contributed by atoms with van der Waals surface area (Å²) >= 11 is 0. The molecular weight excluding hydrogens is 330 g/mol. The van der Waals surface area contributed by atoms with E-state index in [-0.39, 0.29) is 11.9 Å². The number of hydrazine groups is 1. The number of carbonyl (C=O) groups is 1. The first kappa shape index (κ1) is 19.1. The number of hydrogen-bond donors (Lipinski definition) is 4. The van der Waals surface area contributed by atoms with Crippen molar-refractivity contribution in [3.63, 3.8) is 0 Å². The SMILES string of the molecule is Cc1ncccc1OC1(C(=O)NC(C)CC2CC(C)NN2)CCNCC1. The second-order valence-electron chi connectivity index (χ2n) is 7.67. The first-order valence-corrected chi connectivity index (χ1v) is 9.62. The quantitative estimate of drug-likeness (QED) is 0.606. The van der Waals surface area contributed by atoms with Crippen LogP contribution in [0.5, 0.6) is 5.75 Å². The number of nitrogens with zero attached hydrogens (tertiary/aromatic N) is 1. The highest BCUT2D eigenvalue weighted by atomic mass is 16.5. The average Bonchev–Trinajstić information content (AvgIpc) is 3.02. The van der Waals surface area contributed by atoms with Crippen molar-refractivity contribution in [3.8, 4) is 5.75 Å². The van der Waals surface area contributed by atoms with Crippen LogP contribution < -0.4 is 26.2 Å².